The molecule has 1 aromatic carbocycles. The molecule has 1 atom stereocenters. The molecule has 2 aliphatic heterocycles. The van der Waals surface area contributed by atoms with Crippen LogP contribution in [0.1, 0.15) is 47.4 Å². The number of aryl methyl sites for hydroxylation is 2. The number of amides is 1. The van der Waals surface area contributed by atoms with Gasteiger partial charge < -0.3 is 19.5 Å². The number of phenols is 1. The van der Waals surface area contributed by atoms with E-state index < -0.39 is 0 Å². The second-order valence-electron chi connectivity index (χ2n) is 8.32. The minimum atomic E-state index is 0.199. The molecule has 0 radical (unpaired) electrons. The van der Waals surface area contributed by atoms with Crippen LogP contribution in [-0.4, -0.2) is 64.6 Å². The van der Waals surface area contributed by atoms with Crippen molar-refractivity contribution >= 4 is 11.6 Å². The molecule has 1 aromatic heterocycles. The van der Waals surface area contributed by atoms with Gasteiger partial charge in [-0.25, -0.2) is 0 Å². The summed E-state index contributed by atoms with van der Waals surface area (Å²) in [5.41, 5.74) is 4.35. The van der Waals surface area contributed by atoms with E-state index in [0.29, 0.717) is 5.75 Å². The minimum Gasteiger partial charge on any atom is -0.508 e. The third-order valence-electron chi connectivity index (χ3n) is 6.37. The molecule has 6 nitrogen and oxygen atoms in total. The highest BCUT2D eigenvalue weighted by molar-refractivity contribution is 5.97. The number of hydrogen-bond acceptors (Lipinski definition) is 4. The van der Waals surface area contributed by atoms with Gasteiger partial charge in [-0.15, -0.1) is 0 Å². The summed E-state index contributed by atoms with van der Waals surface area (Å²) >= 11 is 0. The number of aromatic nitrogens is 1. The van der Waals surface area contributed by atoms with E-state index in [2.05, 4.69) is 41.5 Å². The van der Waals surface area contributed by atoms with Gasteiger partial charge in [0.2, 0.25) is 0 Å². The van der Waals surface area contributed by atoms with Crippen molar-refractivity contribution in [3.05, 3.63) is 47.3 Å². The van der Waals surface area contributed by atoms with E-state index in [1.807, 2.05) is 17.0 Å². The second-order valence-corrected chi connectivity index (χ2v) is 8.32. The van der Waals surface area contributed by atoms with E-state index in [1.165, 1.54) is 5.69 Å². The lowest BCUT2D eigenvalue weighted by Gasteiger charge is -2.40. The molecule has 1 amide bonds. The fourth-order valence-electron chi connectivity index (χ4n) is 4.95. The number of carbonyl (C=O) groups is 1. The van der Waals surface area contributed by atoms with Crippen molar-refractivity contribution in [1.82, 2.24) is 14.4 Å². The normalized spacial score (nSPS) is 20.7. The van der Waals surface area contributed by atoms with Crippen molar-refractivity contribution < 1.29 is 9.90 Å². The summed E-state index contributed by atoms with van der Waals surface area (Å²) in [6.45, 7) is 9.69. The monoisotopic (exact) mass is 396 g/mol. The van der Waals surface area contributed by atoms with Crippen LogP contribution < -0.4 is 4.90 Å². The second kappa shape index (κ2) is 8.11. The first-order valence-electron chi connectivity index (χ1n) is 10.7. The number of carbonyl (C=O) groups excluding carboxylic acids is 1. The lowest BCUT2D eigenvalue weighted by Crippen LogP contribution is -2.48. The van der Waals surface area contributed by atoms with E-state index in [1.54, 1.807) is 12.1 Å². The van der Waals surface area contributed by atoms with Crippen LogP contribution >= 0.6 is 0 Å². The zero-order valence-corrected chi connectivity index (χ0v) is 17.8. The molecule has 29 heavy (non-hydrogen) atoms. The van der Waals surface area contributed by atoms with E-state index >= 15 is 0 Å². The van der Waals surface area contributed by atoms with Crippen molar-refractivity contribution in [3.63, 3.8) is 0 Å². The van der Waals surface area contributed by atoms with Crippen molar-refractivity contribution in [3.8, 4) is 5.75 Å². The van der Waals surface area contributed by atoms with Crippen LogP contribution in [0.3, 0.4) is 0 Å². The quantitative estimate of drug-likeness (QED) is 0.863. The van der Waals surface area contributed by atoms with Gasteiger partial charge in [-0.3, -0.25) is 9.69 Å². The summed E-state index contributed by atoms with van der Waals surface area (Å²) in [5, 5.41) is 9.54. The van der Waals surface area contributed by atoms with Crippen molar-refractivity contribution in [2.75, 3.05) is 44.2 Å². The van der Waals surface area contributed by atoms with Gasteiger partial charge in [-0.2, -0.15) is 0 Å². The molecule has 2 aliphatic rings. The average molecular weight is 397 g/mol. The van der Waals surface area contributed by atoms with Gasteiger partial charge in [0.25, 0.3) is 5.91 Å². The molecule has 0 bridgehead atoms. The smallest absolute Gasteiger partial charge is 0.256 e. The number of piperazine rings is 1. The third kappa shape index (κ3) is 3.73. The fraction of sp³-hybridized carbons (Fsp3) is 0.522. The summed E-state index contributed by atoms with van der Waals surface area (Å²) in [6.07, 6.45) is 4.08. The third-order valence-corrected chi connectivity index (χ3v) is 6.37. The van der Waals surface area contributed by atoms with E-state index in [4.69, 9.17) is 0 Å². The number of rotatable bonds is 4. The molecule has 156 valence electrons. The van der Waals surface area contributed by atoms with Crippen molar-refractivity contribution in [2.45, 2.75) is 32.7 Å². The summed E-state index contributed by atoms with van der Waals surface area (Å²) in [4.78, 5) is 20.2. The Bertz CT molecular complexity index is 866. The Hall–Kier alpha value is -2.47. The predicted molar refractivity (Wildman–Crippen MR) is 116 cm³/mol. The van der Waals surface area contributed by atoms with Crippen LogP contribution in [0.25, 0.3) is 0 Å². The van der Waals surface area contributed by atoms with Gasteiger partial charge in [-0.05, 0) is 49.6 Å². The topological polar surface area (TPSA) is 52.0 Å². The number of anilines is 1. The standard InChI is InChI=1S/C23H32N4O2/c1-4-10-27-11-9-20(22-21(23(27)29)17(2)16-24(22)3)26-14-12-25(13-15-26)18-5-7-19(28)8-6-18/h5-8,16,20,28H,4,9-15H2,1-3H3. The van der Waals surface area contributed by atoms with E-state index in [9.17, 15) is 9.90 Å². The van der Waals surface area contributed by atoms with Gasteiger partial charge >= 0.3 is 0 Å². The Labute approximate surface area is 173 Å². The Morgan fingerprint density at radius 2 is 1.76 bits per heavy atom. The Morgan fingerprint density at radius 1 is 1.07 bits per heavy atom. The lowest BCUT2D eigenvalue weighted by atomic mass is 10.0. The van der Waals surface area contributed by atoms with Gasteiger partial charge in [-0.1, -0.05) is 6.92 Å². The number of aromatic hydroxyl groups is 1. The predicted octanol–water partition coefficient (Wildman–Crippen LogP) is 3.16. The fourth-order valence-corrected chi connectivity index (χ4v) is 4.95. The van der Waals surface area contributed by atoms with Gasteiger partial charge in [0.15, 0.2) is 0 Å². The van der Waals surface area contributed by atoms with Gasteiger partial charge in [0.05, 0.1) is 11.6 Å². The highest BCUT2D eigenvalue weighted by Crippen LogP contribution is 2.35. The molecule has 3 heterocycles. The number of phenolic OH excluding ortho intramolecular Hbond substituents is 1. The summed E-state index contributed by atoms with van der Waals surface area (Å²) in [7, 11) is 2.08. The number of benzene rings is 1. The molecule has 0 spiro atoms. The minimum absolute atomic E-state index is 0.199. The molecular weight excluding hydrogens is 364 g/mol. The molecule has 4 rings (SSSR count). The highest BCUT2D eigenvalue weighted by Gasteiger charge is 2.35. The summed E-state index contributed by atoms with van der Waals surface area (Å²) < 4.78 is 2.18. The lowest BCUT2D eigenvalue weighted by molar-refractivity contribution is 0.0751. The van der Waals surface area contributed by atoms with Crippen LogP contribution in [0, 0.1) is 6.92 Å². The maximum absolute atomic E-state index is 13.2. The van der Waals surface area contributed by atoms with Gasteiger partial charge in [0.1, 0.15) is 5.75 Å². The highest BCUT2D eigenvalue weighted by atomic mass is 16.3. The van der Waals surface area contributed by atoms with Crippen LogP contribution in [0.2, 0.25) is 0 Å². The molecule has 1 unspecified atom stereocenters. The molecule has 1 saturated heterocycles. The zero-order chi connectivity index (χ0) is 20.5. The van der Waals surface area contributed by atoms with Crippen molar-refractivity contribution in [1.29, 1.82) is 0 Å². The first-order chi connectivity index (χ1) is 14.0. The van der Waals surface area contributed by atoms with Crippen LogP contribution in [0.15, 0.2) is 30.5 Å². The zero-order valence-electron chi connectivity index (χ0n) is 17.8. The number of fused-ring (bicyclic) bond motifs is 1. The van der Waals surface area contributed by atoms with E-state index in [0.717, 1.165) is 68.9 Å². The number of hydrogen-bond donors (Lipinski definition) is 1. The summed E-state index contributed by atoms with van der Waals surface area (Å²) in [6, 6.07) is 7.74. The first kappa shape index (κ1) is 19.8. The van der Waals surface area contributed by atoms with Crippen LogP contribution in [0.4, 0.5) is 5.69 Å². The maximum atomic E-state index is 13.2. The van der Waals surface area contributed by atoms with Crippen molar-refractivity contribution in [2.24, 2.45) is 7.05 Å². The van der Waals surface area contributed by atoms with E-state index in [-0.39, 0.29) is 11.9 Å². The molecule has 0 saturated carbocycles. The molecule has 1 N–H and O–H groups in total. The van der Waals surface area contributed by atoms with Gasteiger partial charge in [0, 0.05) is 63.9 Å². The Balaban J connectivity index is 1.55. The molecule has 2 aromatic rings. The maximum Gasteiger partial charge on any atom is 0.256 e. The Morgan fingerprint density at radius 3 is 2.41 bits per heavy atom. The Kier molecular flexibility index (Phi) is 5.54. The molecule has 1 fully saturated rings. The molecular formula is C23H32N4O2. The van der Waals surface area contributed by atoms with Crippen LogP contribution in [0.5, 0.6) is 5.75 Å². The number of nitrogens with zero attached hydrogens (tertiary/aromatic N) is 4. The molecule has 6 heteroatoms. The average Bonchev–Trinajstić information content (AvgIpc) is 2.92. The summed E-state index contributed by atoms with van der Waals surface area (Å²) in [5.74, 6) is 0.504. The SMILES string of the molecule is CCCN1CCC(N2CCN(c3ccc(O)cc3)CC2)c2c(c(C)cn2C)C1=O. The van der Waals surface area contributed by atoms with Crippen LogP contribution in [-0.2, 0) is 7.05 Å². The first-order valence-corrected chi connectivity index (χ1v) is 10.7. The largest absolute Gasteiger partial charge is 0.508 e. The molecule has 0 aliphatic carbocycles.